The standard InChI is InChI=1S/C23H33N5O/c1-24-23(25-17-19-8-10-20(11-9-19)18-26(2)3)28-14-12-27(13-15-28)21-6-5-7-22(16-21)29-4/h5-11,16H,12-15,17-18H2,1-4H3,(H,24,25). The van der Waals surface area contributed by atoms with Crippen LogP contribution in [-0.2, 0) is 13.1 Å². The lowest BCUT2D eigenvalue weighted by Gasteiger charge is -2.37. The Balaban J connectivity index is 1.51. The van der Waals surface area contributed by atoms with Crippen molar-refractivity contribution in [1.82, 2.24) is 15.1 Å². The molecule has 0 aliphatic carbocycles. The van der Waals surface area contributed by atoms with Crippen molar-refractivity contribution in [3.63, 3.8) is 0 Å². The highest BCUT2D eigenvalue weighted by Gasteiger charge is 2.20. The molecule has 156 valence electrons. The van der Waals surface area contributed by atoms with Gasteiger partial charge in [0.2, 0.25) is 0 Å². The van der Waals surface area contributed by atoms with Gasteiger partial charge in [0.05, 0.1) is 7.11 Å². The van der Waals surface area contributed by atoms with Crippen LogP contribution in [-0.4, -0.2) is 70.2 Å². The van der Waals surface area contributed by atoms with Crippen LogP contribution in [0.1, 0.15) is 11.1 Å². The van der Waals surface area contributed by atoms with Gasteiger partial charge in [0.15, 0.2) is 5.96 Å². The summed E-state index contributed by atoms with van der Waals surface area (Å²) in [7, 11) is 7.75. The number of hydrogen-bond donors (Lipinski definition) is 1. The first kappa shape index (κ1) is 21.0. The number of nitrogens with zero attached hydrogens (tertiary/aromatic N) is 4. The van der Waals surface area contributed by atoms with Gasteiger partial charge in [0.25, 0.3) is 0 Å². The highest BCUT2D eigenvalue weighted by molar-refractivity contribution is 5.80. The van der Waals surface area contributed by atoms with Crippen molar-refractivity contribution in [1.29, 1.82) is 0 Å². The Hall–Kier alpha value is -2.73. The molecule has 0 saturated carbocycles. The number of methoxy groups -OCH3 is 1. The van der Waals surface area contributed by atoms with Crippen LogP contribution >= 0.6 is 0 Å². The Kier molecular flexibility index (Phi) is 7.36. The normalized spacial score (nSPS) is 15.0. The molecule has 2 aromatic rings. The summed E-state index contributed by atoms with van der Waals surface area (Å²) in [6.07, 6.45) is 0. The van der Waals surface area contributed by atoms with Crippen LogP contribution in [0.15, 0.2) is 53.5 Å². The number of nitrogens with one attached hydrogen (secondary N) is 1. The smallest absolute Gasteiger partial charge is 0.194 e. The van der Waals surface area contributed by atoms with Crippen LogP contribution in [0.25, 0.3) is 0 Å². The van der Waals surface area contributed by atoms with Gasteiger partial charge in [0.1, 0.15) is 5.75 Å². The summed E-state index contributed by atoms with van der Waals surface area (Å²) in [5.41, 5.74) is 3.81. The van der Waals surface area contributed by atoms with E-state index in [1.54, 1.807) is 7.11 Å². The predicted octanol–water partition coefficient (Wildman–Crippen LogP) is 2.65. The van der Waals surface area contributed by atoms with Crippen molar-refractivity contribution >= 4 is 11.6 Å². The lowest BCUT2D eigenvalue weighted by molar-refractivity contribution is 0.372. The van der Waals surface area contributed by atoms with Gasteiger partial charge in [-0.15, -0.1) is 0 Å². The maximum absolute atomic E-state index is 5.35. The number of anilines is 1. The molecule has 1 fully saturated rings. The lowest BCUT2D eigenvalue weighted by atomic mass is 10.1. The molecule has 2 aromatic carbocycles. The number of aliphatic imine (C=N–C) groups is 1. The summed E-state index contributed by atoms with van der Waals surface area (Å²) in [5, 5.41) is 3.52. The molecule has 1 saturated heterocycles. The fourth-order valence-corrected chi connectivity index (χ4v) is 3.62. The summed E-state index contributed by atoms with van der Waals surface area (Å²) in [5.74, 6) is 1.87. The van der Waals surface area contributed by atoms with Crippen LogP contribution in [0.2, 0.25) is 0 Å². The summed E-state index contributed by atoms with van der Waals surface area (Å²) in [4.78, 5) is 11.4. The molecular formula is C23H33N5O. The van der Waals surface area contributed by atoms with Gasteiger partial charge in [-0.25, -0.2) is 0 Å². The van der Waals surface area contributed by atoms with Crippen molar-refractivity contribution in [2.24, 2.45) is 4.99 Å². The lowest BCUT2D eigenvalue weighted by Crippen LogP contribution is -2.52. The molecule has 1 aliphatic rings. The van der Waals surface area contributed by atoms with E-state index >= 15 is 0 Å². The minimum absolute atomic E-state index is 0.783. The minimum Gasteiger partial charge on any atom is -0.497 e. The third-order valence-electron chi connectivity index (χ3n) is 5.18. The Labute approximate surface area is 174 Å². The monoisotopic (exact) mass is 395 g/mol. The summed E-state index contributed by atoms with van der Waals surface area (Å²) in [6, 6.07) is 17.1. The Morgan fingerprint density at radius 3 is 2.34 bits per heavy atom. The van der Waals surface area contributed by atoms with Gasteiger partial charge in [0, 0.05) is 58.1 Å². The fraction of sp³-hybridized carbons (Fsp3) is 0.435. The number of piperazine rings is 1. The predicted molar refractivity (Wildman–Crippen MR) is 121 cm³/mol. The third-order valence-corrected chi connectivity index (χ3v) is 5.18. The molecule has 0 spiro atoms. The van der Waals surface area contributed by atoms with E-state index in [1.807, 2.05) is 19.2 Å². The average molecular weight is 396 g/mol. The number of rotatable bonds is 6. The zero-order valence-electron chi connectivity index (χ0n) is 18.1. The number of hydrogen-bond acceptors (Lipinski definition) is 4. The highest BCUT2D eigenvalue weighted by atomic mass is 16.5. The molecule has 0 atom stereocenters. The number of guanidine groups is 1. The van der Waals surface area contributed by atoms with E-state index in [9.17, 15) is 0 Å². The van der Waals surface area contributed by atoms with E-state index < -0.39 is 0 Å². The Morgan fingerprint density at radius 2 is 1.72 bits per heavy atom. The molecule has 6 heteroatoms. The van der Waals surface area contributed by atoms with Crippen LogP contribution in [0.5, 0.6) is 5.75 Å². The van der Waals surface area contributed by atoms with Gasteiger partial charge >= 0.3 is 0 Å². The largest absolute Gasteiger partial charge is 0.497 e. The first-order valence-corrected chi connectivity index (χ1v) is 10.2. The second-order valence-corrected chi connectivity index (χ2v) is 7.63. The van der Waals surface area contributed by atoms with Crippen molar-refractivity contribution < 1.29 is 4.74 Å². The first-order chi connectivity index (χ1) is 14.1. The van der Waals surface area contributed by atoms with E-state index in [1.165, 1.54) is 16.8 Å². The third kappa shape index (κ3) is 5.87. The Bertz CT molecular complexity index is 795. The van der Waals surface area contributed by atoms with Crippen molar-refractivity contribution in [3.05, 3.63) is 59.7 Å². The average Bonchev–Trinajstić information content (AvgIpc) is 2.75. The molecule has 6 nitrogen and oxygen atoms in total. The topological polar surface area (TPSA) is 43.3 Å². The summed E-state index contributed by atoms with van der Waals surface area (Å²) in [6.45, 7) is 5.56. The van der Waals surface area contributed by atoms with Gasteiger partial charge in [-0.3, -0.25) is 4.99 Å². The van der Waals surface area contributed by atoms with E-state index in [4.69, 9.17) is 4.74 Å². The Morgan fingerprint density at radius 1 is 1.03 bits per heavy atom. The van der Waals surface area contributed by atoms with Gasteiger partial charge in [-0.1, -0.05) is 30.3 Å². The molecule has 1 N–H and O–H groups in total. The maximum Gasteiger partial charge on any atom is 0.194 e. The zero-order chi connectivity index (χ0) is 20.6. The van der Waals surface area contributed by atoms with Crippen LogP contribution in [0.4, 0.5) is 5.69 Å². The molecule has 1 heterocycles. The minimum atomic E-state index is 0.783. The van der Waals surface area contributed by atoms with Crippen LogP contribution in [0, 0.1) is 0 Å². The molecule has 0 unspecified atom stereocenters. The van der Waals surface area contributed by atoms with Gasteiger partial charge in [-0.05, 0) is 37.4 Å². The SMILES string of the molecule is CN=C(NCc1ccc(CN(C)C)cc1)N1CCN(c2cccc(OC)c2)CC1. The molecule has 3 rings (SSSR count). The van der Waals surface area contributed by atoms with E-state index in [0.29, 0.717) is 0 Å². The van der Waals surface area contributed by atoms with Crippen LogP contribution < -0.4 is 15.0 Å². The van der Waals surface area contributed by atoms with Crippen molar-refractivity contribution in [2.45, 2.75) is 13.1 Å². The maximum atomic E-state index is 5.35. The quantitative estimate of drug-likeness (QED) is 0.602. The zero-order valence-corrected chi connectivity index (χ0v) is 18.1. The second kappa shape index (κ2) is 10.2. The molecule has 0 aromatic heterocycles. The van der Waals surface area contributed by atoms with Crippen molar-refractivity contribution in [2.75, 3.05) is 59.3 Å². The molecule has 1 aliphatic heterocycles. The molecule has 0 amide bonds. The molecule has 0 radical (unpaired) electrons. The van der Waals surface area contributed by atoms with Gasteiger partial charge in [-0.2, -0.15) is 0 Å². The van der Waals surface area contributed by atoms with E-state index in [0.717, 1.165) is 51.0 Å². The molecular weight excluding hydrogens is 362 g/mol. The molecule has 29 heavy (non-hydrogen) atoms. The number of benzene rings is 2. The van der Waals surface area contributed by atoms with E-state index in [-0.39, 0.29) is 0 Å². The highest BCUT2D eigenvalue weighted by Crippen LogP contribution is 2.22. The molecule has 0 bridgehead atoms. The summed E-state index contributed by atoms with van der Waals surface area (Å²) >= 11 is 0. The van der Waals surface area contributed by atoms with E-state index in [2.05, 4.69) is 75.5 Å². The van der Waals surface area contributed by atoms with Crippen molar-refractivity contribution in [3.8, 4) is 5.75 Å². The van der Waals surface area contributed by atoms with Crippen LogP contribution in [0.3, 0.4) is 0 Å². The summed E-state index contributed by atoms with van der Waals surface area (Å²) < 4.78 is 5.35. The second-order valence-electron chi connectivity index (χ2n) is 7.63. The number of ether oxygens (including phenoxy) is 1. The first-order valence-electron chi connectivity index (χ1n) is 10.2. The fourth-order valence-electron chi connectivity index (χ4n) is 3.62. The van der Waals surface area contributed by atoms with Gasteiger partial charge < -0.3 is 24.8 Å².